The lowest BCUT2D eigenvalue weighted by molar-refractivity contribution is 0.869. The average Bonchev–Trinajstić information content (AvgIpc) is 2.78. The first-order chi connectivity index (χ1) is 9.13. The second-order valence-corrected chi connectivity index (χ2v) is 4.17. The lowest BCUT2D eigenvalue weighted by Gasteiger charge is -2.05. The van der Waals surface area contributed by atoms with Gasteiger partial charge in [-0.2, -0.15) is 9.97 Å². The van der Waals surface area contributed by atoms with E-state index in [0.717, 1.165) is 11.2 Å². The van der Waals surface area contributed by atoms with Crippen molar-refractivity contribution in [1.29, 1.82) is 0 Å². The van der Waals surface area contributed by atoms with Gasteiger partial charge in [0.25, 0.3) is 0 Å². The molecule has 0 spiro atoms. The Morgan fingerprint density at radius 3 is 2.53 bits per heavy atom. The average molecular weight is 265 g/mol. The molecule has 0 aromatic carbocycles. The molecule has 4 N–H and O–H groups in total. The zero-order valence-electron chi connectivity index (χ0n) is 12.1. The van der Waals surface area contributed by atoms with Crippen LogP contribution in [0.2, 0.25) is 0 Å². The Kier molecular flexibility index (Phi) is 6.01. The molecule has 2 rings (SSSR count). The van der Waals surface area contributed by atoms with E-state index < -0.39 is 0 Å². The van der Waals surface area contributed by atoms with Gasteiger partial charge in [0.2, 0.25) is 5.95 Å². The van der Waals surface area contributed by atoms with Gasteiger partial charge in [0.05, 0.1) is 13.0 Å². The molecule has 2 aromatic rings. The van der Waals surface area contributed by atoms with E-state index in [9.17, 15) is 0 Å². The van der Waals surface area contributed by atoms with Gasteiger partial charge in [-0.1, -0.05) is 26.7 Å². The van der Waals surface area contributed by atoms with Gasteiger partial charge in [0.1, 0.15) is 0 Å². The molecule has 19 heavy (non-hydrogen) atoms. The van der Waals surface area contributed by atoms with Gasteiger partial charge < -0.3 is 20.9 Å². The summed E-state index contributed by atoms with van der Waals surface area (Å²) in [4.78, 5) is 12.4. The molecule has 0 fully saturated rings. The zero-order chi connectivity index (χ0) is 14.3. The fraction of sp³-hybridized carbons (Fsp3) is 0.583. The number of nitrogens with two attached hydrogens (primary N) is 1. The van der Waals surface area contributed by atoms with E-state index in [1.807, 2.05) is 14.1 Å². The van der Waals surface area contributed by atoms with Gasteiger partial charge in [-0.15, -0.1) is 0 Å². The Labute approximate surface area is 113 Å². The molecule has 0 unspecified atom stereocenters. The highest BCUT2D eigenvalue weighted by Crippen LogP contribution is 2.18. The molecule has 0 aliphatic rings. The van der Waals surface area contributed by atoms with E-state index in [-0.39, 0.29) is 5.95 Å². The van der Waals surface area contributed by atoms with Crippen LogP contribution < -0.4 is 16.4 Å². The largest absolute Gasteiger partial charge is 0.368 e. The fourth-order valence-electron chi connectivity index (χ4n) is 1.32. The van der Waals surface area contributed by atoms with Crippen LogP contribution >= 0.6 is 0 Å². The lowest BCUT2D eigenvalue weighted by atomic mass is 10.4. The Hall–Kier alpha value is -1.89. The topological polar surface area (TPSA) is 93.7 Å². The molecule has 0 atom stereocenters. The highest BCUT2D eigenvalue weighted by Gasteiger charge is 2.09. The van der Waals surface area contributed by atoms with Crippen molar-refractivity contribution >= 4 is 22.9 Å². The van der Waals surface area contributed by atoms with E-state index in [1.54, 1.807) is 10.9 Å². The third-order valence-corrected chi connectivity index (χ3v) is 2.51. The van der Waals surface area contributed by atoms with E-state index in [2.05, 4.69) is 39.4 Å². The first-order valence-corrected chi connectivity index (χ1v) is 6.47. The number of anilines is 2. The SMILES string of the molecule is CCCC.CNCNc1nc(N)nc2c1ncn2C. The summed E-state index contributed by atoms with van der Waals surface area (Å²) in [7, 11) is 3.71. The number of nitrogens with zero attached hydrogens (tertiary/aromatic N) is 4. The molecule has 2 heterocycles. The van der Waals surface area contributed by atoms with E-state index >= 15 is 0 Å². The van der Waals surface area contributed by atoms with Crippen LogP contribution in [0.15, 0.2) is 6.33 Å². The first kappa shape index (κ1) is 15.2. The van der Waals surface area contributed by atoms with E-state index in [4.69, 9.17) is 5.73 Å². The summed E-state index contributed by atoms with van der Waals surface area (Å²) in [5.74, 6) is 0.886. The molecular weight excluding hydrogens is 242 g/mol. The predicted molar refractivity (Wildman–Crippen MR) is 78.8 cm³/mol. The van der Waals surface area contributed by atoms with Crippen molar-refractivity contribution in [3.63, 3.8) is 0 Å². The second-order valence-electron chi connectivity index (χ2n) is 4.17. The number of unbranched alkanes of at least 4 members (excludes halogenated alkanes) is 1. The van der Waals surface area contributed by atoms with Crippen molar-refractivity contribution in [2.24, 2.45) is 7.05 Å². The van der Waals surface area contributed by atoms with Crippen LogP contribution in [-0.2, 0) is 7.05 Å². The minimum Gasteiger partial charge on any atom is -0.368 e. The Morgan fingerprint density at radius 1 is 1.26 bits per heavy atom. The van der Waals surface area contributed by atoms with Crippen molar-refractivity contribution in [3.8, 4) is 0 Å². The Morgan fingerprint density at radius 2 is 1.95 bits per heavy atom. The smallest absolute Gasteiger partial charge is 0.224 e. The van der Waals surface area contributed by atoms with Crippen LogP contribution in [0.4, 0.5) is 11.8 Å². The maximum atomic E-state index is 5.60. The summed E-state index contributed by atoms with van der Waals surface area (Å²) >= 11 is 0. The number of aryl methyl sites for hydroxylation is 1. The summed E-state index contributed by atoms with van der Waals surface area (Å²) in [6.07, 6.45) is 4.32. The maximum Gasteiger partial charge on any atom is 0.224 e. The molecule has 0 saturated heterocycles. The van der Waals surface area contributed by atoms with E-state index in [0.29, 0.717) is 12.5 Å². The maximum absolute atomic E-state index is 5.60. The van der Waals surface area contributed by atoms with Gasteiger partial charge in [0, 0.05) is 7.05 Å². The van der Waals surface area contributed by atoms with Gasteiger partial charge in [-0.05, 0) is 7.05 Å². The van der Waals surface area contributed by atoms with Gasteiger partial charge >= 0.3 is 0 Å². The van der Waals surface area contributed by atoms with Crippen molar-refractivity contribution in [3.05, 3.63) is 6.33 Å². The summed E-state index contributed by atoms with van der Waals surface area (Å²) in [5.41, 5.74) is 7.05. The second kappa shape index (κ2) is 7.52. The van der Waals surface area contributed by atoms with Crippen molar-refractivity contribution < 1.29 is 0 Å². The minimum atomic E-state index is 0.240. The number of rotatable bonds is 4. The monoisotopic (exact) mass is 265 g/mol. The third-order valence-electron chi connectivity index (χ3n) is 2.51. The Bertz CT molecular complexity index is 504. The number of nitrogens with one attached hydrogen (secondary N) is 2. The van der Waals surface area contributed by atoms with Crippen molar-refractivity contribution in [2.75, 3.05) is 24.8 Å². The fourth-order valence-corrected chi connectivity index (χ4v) is 1.32. The van der Waals surface area contributed by atoms with Crippen molar-refractivity contribution in [1.82, 2.24) is 24.8 Å². The summed E-state index contributed by atoms with van der Waals surface area (Å²) in [6, 6.07) is 0. The molecule has 106 valence electrons. The molecule has 0 aliphatic heterocycles. The Balaban J connectivity index is 0.000000399. The van der Waals surface area contributed by atoms with Gasteiger partial charge in [-0.25, -0.2) is 4.98 Å². The van der Waals surface area contributed by atoms with E-state index in [1.165, 1.54) is 12.8 Å². The van der Waals surface area contributed by atoms with Gasteiger partial charge in [-0.3, -0.25) is 0 Å². The highest BCUT2D eigenvalue weighted by molar-refractivity contribution is 5.83. The summed E-state index contributed by atoms with van der Waals surface area (Å²) in [6.45, 7) is 4.96. The minimum absolute atomic E-state index is 0.240. The molecule has 0 aliphatic carbocycles. The molecule has 0 saturated carbocycles. The predicted octanol–water partition coefficient (Wildman–Crippen LogP) is 1.34. The normalized spacial score (nSPS) is 10.1. The molecule has 7 nitrogen and oxygen atoms in total. The summed E-state index contributed by atoms with van der Waals surface area (Å²) in [5, 5.41) is 6.03. The number of hydrogen-bond donors (Lipinski definition) is 3. The number of hydrogen-bond acceptors (Lipinski definition) is 6. The van der Waals surface area contributed by atoms with Crippen LogP contribution in [0.25, 0.3) is 11.2 Å². The molecule has 0 amide bonds. The molecular formula is C12H23N7. The number of imidazole rings is 1. The molecule has 7 heteroatoms. The third kappa shape index (κ3) is 4.06. The van der Waals surface area contributed by atoms with Gasteiger partial charge in [0.15, 0.2) is 17.0 Å². The molecule has 2 aromatic heterocycles. The van der Waals surface area contributed by atoms with Crippen LogP contribution in [-0.4, -0.2) is 33.2 Å². The number of nitrogen functional groups attached to an aromatic ring is 1. The van der Waals surface area contributed by atoms with Crippen LogP contribution in [0.1, 0.15) is 26.7 Å². The summed E-state index contributed by atoms with van der Waals surface area (Å²) < 4.78 is 1.80. The van der Waals surface area contributed by atoms with Crippen molar-refractivity contribution in [2.45, 2.75) is 26.7 Å². The van der Waals surface area contributed by atoms with Crippen LogP contribution in [0.5, 0.6) is 0 Å². The molecule has 0 radical (unpaired) electrons. The number of aromatic nitrogens is 4. The van der Waals surface area contributed by atoms with Crippen LogP contribution in [0, 0.1) is 0 Å². The standard InChI is InChI=1S/C8H13N7.C4H10/c1-10-3-11-6-5-7(14-8(9)13-6)15(2)4-12-5;1-3-4-2/h4,10H,3H2,1-2H3,(H3,9,11,13,14);3-4H2,1-2H3. The lowest BCUT2D eigenvalue weighted by Crippen LogP contribution is -2.18. The quantitative estimate of drug-likeness (QED) is 0.722. The molecule has 0 bridgehead atoms. The number of fused-ring (bicyclic) bond motifs is 1. The highest BCUT2D eigenvalue weighted by atomic mass is 15.2. The zero-order valence-corrected chi connectivity index (χ0v) is 12.1. The first-order valence-electron chi connectivity index (χ1n) is 6.47. The van der Waals surface area contributed by atoms with Crippen LogP contribution in [0.3, 0.4) is 0 Å².